The number of nitrogen functional groups attached to an aromatic ring is 1. The Hall–Kier alpha value is -2.61. The number of aliphatic hydroxyl groups is 1. The molecule has 0 spiro atoms. The van der Waals surface area contributed by atoms with Crippen molar-refractivity contribution in [3.8, 4) is 23.5 Å². The van der Waals surface area contributed by atoms with E-state index in [0.717, 1.165) is 0 Å². The van der Waals surface area contributed by atoms with E-state index in [4.69, 9.17) is 25.1 Å². The summed E-state index contributed by atoms with van der Waals surface area (Å²) in [6.07, 6.45) is 0. The molecule has 1 heterocycles. The van der Waals surface area contributed by atoms with E-state index in [1.807, 2.05) is 0 Å². The van der Waals surface area contributed by atoms with Crippen molar-refractivity contribution in [3.05, 3.63) is 23.8 Å². The van der Waals surface area contributed by atoms with Gasteiger partial charge in [-0.25, -0.2) is 0 Å². The number of rotatable bonds is 5. The fourth-order valence-electron chi connectivity index (χ4n) is 1.48. The van der Waals surface area contributed by atoms with Gasteiger partial charge in [0.05, 0.1) is 20.8 Å². The second-order valence-electron chi connectivity index (χ2n) is 3.71. The molecule has 3 N–H and O–H groups in total. The van der Waals surface area contributed by atoms with Crippen molar-refractivity contribution in [2.45, 2.75) is 6.61 Å². The molecule has 1 aromatic heterocycles. The number of nitrogens with zero attached hydrogens (tertiary/aromatic N) is 3. The van der Waals surface area contributed by atoms with E-state index in [9.17, 15) is 0 Å². The number of benzene rings is 1. The second kappa shape index (κ2) is 6.02. The van der Waals surface area contributed by atoms with Gasteiger partial charge >= 0.3 is 12.0 Å². The van der Waals surface area contributed by atoms with Gasteiger partial charge < -0.3 is 25.1 Å². The average Bonchev–Trinajstić information content (AvgIpc) is 2.47. The maximum Gasteiger partial charge on any atom is 0.330 e. The number of ether oxygens (including phenoxy) is 3. The van der Waals surface area contributed by atoms with E-state index < -0.39 is 0 Å². The van der Waals surface area contributed by atoms with Gasteiger partial charge in [-0.15, -0.1) is 4.98 Å². The van der Waals surface area contributed by atoms with Crippen molar-refractivity contribution in [2.24, 2.45) is 0 Å². The van der Waals surface area contributed by atoms with E-state index >= 15 is 0 Å². The molecule has 0 aliphatic carbocycles. The van der Waals surface area contributed by atoms with Crippen LogP contribution < -0.4 is 19.9 Å². The number of nitrogens with two attached hydrogens (primary N) is 1. The third-order valence-corrected chi connectivity index (χ3v) is 2.41. The van der Waals surface area contributed by atoms with Crippen LogP contribution in [0.25, 0.3) is 0 Å². The van der Waals surface area contributed by atoms with Crippen LogP contribution in [0.15, 0.2) is 18.2 Å². The van der Waals surface area contributed by atoms with E-state index in [2.05, 4.69) is 15.0 Å². The molecule has 0 bridgehead atoms. The van der Waals surface area contributed by atoms with Gasteiger partial charge in [-0.1, -0.05) is 6.07 Å². The largest absolute Gasteiger partial charge is 0.493 e. The molecule has 1 aromatic carbocycles. The van der Waals surface area contributed by atoms with Crippen molar-refractivity contribution in [2.75, 3.05) is 20.0 Å². The first kappa shape index (κ1) is 13.8. The molecule has 2 aromatic rings. The zero-order chi connectivity index (χ0) is 14.5. The normalized spacial score (nSPS) is 10.2. The fourth-order valence-corrected chi connectivity index (χ4v) is 1.48. The Balaban J connectivity index is 2.31. The van der Waals surface area contributed by atoms with Gasteiger partial charge in [0.25, 0.3) is 0 Å². The van der Waals surface area contributed by atoms with E-state index in [1.54, 1.807) is 18.2 Å². The number of anilines is 1. The minimum atomic E-state index is -0.0941. The average molecular weight is 278 g/mol. The molecule has 0 radical (unpaired) electrons. The van der Waals surface area contributed by atoms with Crippen LogP contribution in [0, 0.1) is 0 Å². The van der Waals surface area contributed by atoms with Gasteiger partial charge in [-0.2, -0.15) is 9.97 Å². The Morgan fingerprint density at radius 2 is 1.80 bits per heavy atom. The lowest BCUT2D eigenvalue weighted by Crippen LogP contribution is -2.03. The Bertz CT molecular complexity index is 606. The van der Waals surface area contributed by atoms with Gasteiger partial charge in [0.1, 0.15) is 0 Å². The SMILES string of the molecule is COc1nc(N)nc(Oc2ccc(CO)cc2OC)n1. The maximum absolute atomic E-state index is 9.08. The van der Waals surface area contributed by atoms with Crippen LogP contribution in [0.2, 0.25) is 0 Å². The van der Waals surface area contributed by atoms with Crippen LogP contribution in [0.1, 0.15) is 5.56 Å². The first-order valence-electron chi connectivity index (χ1n) is 5.67. The summed E-state index contributed by atoms with van der Waals surface area (Å²) >= 11 is 0. The van der Waals surface area contributed by atoms with Crippen LogP contribution in [0.3, 0.4) is 0 Å². The van der Waals surface area contributed by atoms with Crippen molar-refractivity contribution in [3.63, 3.8) is 0 Å². The van der Waals surface area contributed by atoms with Gasteiger partial charge in [-0.3, -0.25) is 0 Å². The highest BCUT2D eigenvalue weighted by Gasteiger charge is 2.11. The zero-order valence-electron chi connectivity index (χ0n) is 11.0. The monoisotopic (exact) mass is 278 g/mol. The van der Waals surface area contributed by atoms with Crippen LogP contribution in [-0.4, -0.2) is 34.3 Å². The summed E-state index contributed by atoms with van der Waals surface area (Å²) in [5.74, 6) is 0.810. The Kier molecular flexibility index (Phi) is 4.16. The van der Waals surface area contributed by atoms with Crippen molar-refractivity contribution in [1.29, 1.82) is 0 Å². The van der Waals surface area contributed by atoms with Gasteiger partial charge in [0, 0.05) is 0 Å². The number of aromatic nitrogens is 3. The smallest absolute Gasteiger partial charge is 0.330 e. The summed E-state index contributed by atoms with van der Waals surface area (Å²) in [7, 11) is 2.90. The first-order chi connectivity index (χ1) is 9.66. The fraction of sp³-hybridized carbons (Fsp3) is 0.250. The molecule has 8 heteroatoms. The van der Waals surface area contributed by atoms with Gasteiger partial charge in [-0.05, 0) is 17.7 Å². The highest BCUT2D eigenvalue weighted by molar-refractivity contribution is 5.44. The van der Waals surface area contributed by atoms with E-state index in [0.29, 0.717) is 17.1 Å². The summed E-state index contributed by atoms with van der Waals surface area (Å²) in [6, 6.07) is 5.02. The van der Waals surface area contributed by atoms with Gasteiger partial charge in [0.2, 0.25) is 5.95 Å². The lowest BCUT2D eigenvalue weighted by atomic mass is 10.2. The molecule has 0 unspecified atom stereocenters. The quantitative estimate of drug-likeness (QED) is 0.824. The molecule has 20 heavy (non-hydrogen) atoms. The summed E-state index contributed by atoms with van der Waals surface area (Å²) in [5, 5.41) is 9.08. The summed E-state index contributed by atoms with van der Waals surface area (Å²) in [5.41, 5.74) is 6.21. The van der Waals surface area contributed by atoms with Gasteiger partial charge in [0.15, 0.2) is 11.5 Å². The Morgan fingerprint density at radius 3 is 2.45 bits per heavy atom. The van der Waals surface area contributed by atoms with Crippen molar-refractivity contribution in [1.82, 2.24) is 15.0 Å². The van der Waals surface area contributed by atoms with Crippen LogP contribution in [0.4, 0.5) is 5.95 Å². The molecular weight excluding hydrogens is 264 g/mol. The first-order valence-corrected chi connectivity index (χ1v) is 5.67. The highest BCUT2D eigenvalue weighted by Crippen LogP contribution is 2.31. The standard InChI is InChI=1S/C12H14N4O4/c1-18-9-5-7(6-17)3-4-8(9)20-12-15-10(13)14-11(16-12)19-2/h3-5,17H,6H2,1-2H3,(H2,13,14,15,16). The summed E-state index contributed by atoms with van der Waals surface area (Å²) in [4.78, 5) is 11.5. The molecule has 2 rings (SSSR count). The molecule has 8 nitrogen and oxygen atoms in total. The molecule has 0 fully saturated rings. The Labute approximate surface area is 115 Å². The predicted octanol–water partition coefficient (Wildman–Crippen LogP) is 0.756. The molecule has 0 saturated carbocycles. The van der Waals surface area contributed by atoms with Crippen LogP contribution in [0.5, 0.6) is 23.5 Å². The number of hydrogen-bond donors (Lipinski definition) is 2. The lowest BCUT2D eigenvalue weighted by molar-refractivity contribution is 0.280. The minimum absolute atomic E-state index is 0.00982. The van der Waals surface area contributed by atoms with Crippen molar-refractivity contribution >= 4 is 5.95 Å². The second-order valence-corrected chi connectivity index (χ2v) is 3.71. The minimum Gasteiger partial charge on any atom is -0.493 e. The maximum atomic E-state index is 9.08. The predicted molar refractivity (Wildman–Crippen MR) is 69.8 cm³/mol. The lowest BCUT2D eigenvalue weighted by Gasteiger charge is -2.10. The summed E-state index contributed by atoms with van der Waals surface area (Å²) in [6.45, 7) is -0.0941. The van der Waals surface area contributed by atoms with Crippen molar-refractivity contribution < 1.29 is 19.3 Å². The number of hydrogen-bond acceptors (Lipinski definition) is 8. The van der Waals surface area contributed by atoms with Crippen LogP contribution in [-0.2, 0) is 6.61 Å². The molecule has 0 amide bonds. The molecule has 0 saturated heterocycles. The molecule has 0 aliphatic heterocycles. The third kappa shape index (κ3) is 3.04. The topological polar surface area (TPSA) is 113 Å². The van der Waals surface area contributed by atoms with E-state index in [-0.39, 0.29) is 24.6 Å². The molecule has 0 atom stereocenters. The molecular formula is C12H14N4O4. The number of methoxy groups -OCH3 is 2. The molecule has 0 aliphatic rings. The highest BCUT2D eigenvalue weighted by atomic mass is 16.5. The third-order valence-electron chi connectivity index (χ3n) is 2.41. The van der Waals surface area contributed by atoms with Crippen LogP contribution >= 0.6 is 0 Å². The Morgan fingerprint density at radius 1 is 1.05 bits per heavy atom. The number of aliphatic hydroxyl groups excluding tert-OH is 1. The zero-order valence-corrected chi connectivity index (χ0v) is 11.0. The van der Waals surface area contributed by atoms with E-state index in [1.165, 1.54) is 14.2 Å². The molecule has 106 valence electrons. The summed E-state index contributed by atoms with van der Waals surface area (Å²) < 4.78 is 15.6.